The molecule has 2 aromatic heterocycles. The highest BCUT2D eigenvalue weighted by Gasteiger charge is 2.26. The molecule has 0 saturated carbocycles. The first-order valence-electron chi connectivity index (χ1n) is 11.6. The second kappa shape index (κ2) is 11.3. The number of rotatable bonds is 10. The van der Waals surface area contributed by atoms with Crippen molar-refractivity contribution < 1.29 is 18.4 Å². The zero-order valence-electron chi connectivity index (χ0n) is 20.0. The molecule has 36 heavy (non-hydrogen) atoms. The summed E-state index contributed by atoms with van der Waals surface area (Å²) in [6.07, 6.45) is 3.71. The van der Waals surface area contributed by atoms with Crippen molar-refractivity contribution in [1.29, 1.82) is 5.26 Å². The number of nitriles is 1. The second-order valence-corrected chi connectivity index (χ2v) is 9.88. The van der Waals surface area contributed by atoms with Gasteiger partial charge in [0.2, 0.25) is 5.95 Å². The van der Waals surface area contributed by atoms with E-state index in [1.807, 2.05) is 22.8 Å². The van der Waals surface area contributed by atoms with Gasteiger partial charge in [-0.25, -0.2) is 4.98 Å². The lowest BCUT2D eigenvalue weighted by Crippen LogP contribution is -2.17. The maximum atomic E-state index is 13.0. The van der Waals surface area contributed by atoms with Gasteiger partial charge in [-0.05, 0) is 68.3 Å². The molecule has 0 aliphatic carbocycles. The van der Waals surface area contributed by atoms with E-state index in [0.717, 1.165) is 11.1 Å². The highest BCUT2D eigenvalue weighted by Crippen LogP contribution is 2.46. The van der Waals surface area contributed by atoms with Crippen molar-refractivity contribution in [2.75, 3.05) is 18.5 Å². The zero-order chi connectivity index (χ0) is 25.5. The van der Waals surface area contributed by atoms with Crippen molar-refractivity contribution in [3.05, 3.63) is 83.7 Å². The van der Waals surface area contributed by atoms with Crippen molar-refractivity contribution in [3.63, 3.8) is 0 Å². The fraction of sp³-hybridized carbons (Fsp3) is 0.231. The van der Waals surface area contributed by atoms with Gasteiger partial charge in [0.1, 0.15) is 0 Å². The molecule has 0 saturated heterocycles. The molecule has 0 aliphatic rings. The van der Waals surface area contributed by atoms with Gasteiger partial charge in [-0.2, -0.15) is 5.26 Å². The lowest BCUT2D eigenvalue weighted by Gasteiger charge is -2.17. The van der Waals surface area contributed by atoms with Crippen molar-refractivity contribution in [3.8, 4) is 6.07 Å². The van der Waals surface area contributed by atoms with E-state index < -0.39 is 7.60 Å². The van der Waals surface area contributed by atoms with E-state index >= 15 is 0 Å². The van der Waals surface area contributed by atoms with Gasteiger partial charge in [0, 0.05) is 18.9 Å². The number of hydrogen-bond acceptors (Lipinski definition) is 7. The van der Waals surface area contributed by atoms with E-state index in [0.29, 0.717) is 40.9 Å². The van der Waals surface area contributed by atoms with Crippen LogP contribution >= 0.6 is 7.60 Å². The van der Waals surface area contributed by atoms with Crippen molar-refractivity contribution in [2.24, 2.45) is 0 Å². The van der Waals surface area contributed by atoms with Crippen LogP contribution in [0.4, 0.5) is 5.95 Å². The summed E-state index contributed by atoms with van der Waals surface area (Å²) in [5, 5.41) is 12.6. The molecule has 1 N–H and O–H groups in total. The van der Waals surface area contributed by atoms with Crippen molar-refractivity contribution in [1.82, 2.24) is 14.5 Å². The molecule has 0 bridgehead atoms. The van der Waals surface area contributed by atoms with Gasteiger partial charge in [0.05, 0.1) is 46.7 Å². The monoisotopic (exact) mass is 503 g/mol. The maximum absolute atomic E-state index is 13.0. The van der Waals surface area contributed by atoms with Crippen LogP contribution in [0.15, 0.2) is 67.0 Å². The fourth-order valence-corrected chi connectivity index (χ4v) is 5.37. The van der Waals surface area contributed by atoms with E-state index in [1.54, 1.807) is 56.4 Å². The van der Waals surface area contributed by atoms with Gasteiger partial charge < -0.3 is 13.6 Å². The number of benzene rings is 2. The molecule has 9 nitrogen and oxygen atoms in total. The molecule has 0 atom stereocenters. The van der Waals surface area contributed by atoms with E-state index in [-0.39, 0.29) is 19.1 Å². The van der Waals surface area contributed by atoms with Crippen LogP contribution in [-0.4, -0.2) is 33.7 Å². The van der Waals surface area contributed by atoms with Gasteiger partial charge in [-0.3, -0.25) is 19.7 Å². The third kappa shape index (κ3) is 5.52. The Morgan fingerprint density at radius 3 is 2.50 bits per heavy atom. The number of nitrogens with one attached hydrogen (secondary N) is 1. The summed E-state index contributed by atoms with van der Waals surface area (Å²) < 4.78 is 25.8. The lowest BCUT2D eigenvalue weighted by molar-refractivity contribution is 0.102. The molecular formula is C26H26N5O4P. The molecule has 2 heterocycles. The summed E-state index contributed by atoms with van der Waals surface area (Å²) in [5.74, 6) is 0.0508. The van der Waals surface area contributed by atoms with E-state index in [4.69, 9.17) is 9.05 Å². The molecule has 0 aliphatic heterocycles. The van der Waals surface area contributed by atoms with E-state index in [2.05, 4.69) is 21.4 Å². The van der Waals surface area contributed by atoms with Crippen LogP contribution in [-0.2, 0) is 26.6 Å². The number of pyridine rings is 1. The largest absolute Gasteiger partial charge is 0.361 e. The predicted octanol–water partition coefficient (Wildman–Crippen LogP) is 4.69. The number of fused-ring (bicyclic) bond motifs is 1. The lowest BCUT2D eigenvalue weighted by atomic mass is 10.1. The van der Waals surface area contributed by atoms with Gasteiger partial charge >= 0.3 is 7.60 Å². The maximum Gasteiger partial charge on any atom is 0.361 e. The molecule has 2 aromatic carbocycles. The number of aryl methyl sites for hydroxylation is 2. The highest BCUT2D eigenvalue weighted by atomic mass is 31.2. The number of hydrogen-bond donors (Lipinski definition) is 1. The van der Waals surface area contributed by atoms with Crippen LogP contribution in [0.5, 0.6) is 0 Å². The summed E-state index contributed by atoms with van der Waals surface area (Å²) in [4.78, 5) is 21.3. The van der Waals surface area contributed by atoms with Crippen LogP contribution in [0.3, 0.4) is 0 Å². The number of anilines is 1. The first-order chi connectivity index (χ1) is 17.5. The van der Waals surface area contributed by atoms with Crippen LogP contribution in [0, 0.1) is 11.3 Å². The van der Waals surface area contributed by atoms with Crippen LogP contribution < -0.4 is 10.6 Å². The number of amides is 1. The van der Waals surface area contributed by atoms with Crippen LogP contribution in [0.25, 0.3) is 11.0 Å². The molecule has 184 valence electrons. The van der Waals surface area contributed by atoms with Crippen LogP contribution in [0.1, 0.15) is 35.3 Å². The van der Waals surface area contributed by atoms with Gasteiger partial charge in [0.25, 0.3) is 5.91 Å². The highest BCUT2D eigenvalue weighted by molar-refractivity contribution is 7.62. The minimum Gasteiger partial charge on any atom is -0.310 e. The Balaban J connectivity index is 1.59. The smallest absolute Gasteiger partial charge is 0.310 e. The molecule has 1 amide bonds. The van der Waals surface area contributed by atoms with Gasteiger partial charge in [0.15, 0.2) is 0 Å². The van der Waals surface area contributed by atoms with E-state index in [9.17, 15) is 14.6 Å². The molecule has 0 fully saturated rings. The third-order valence-corrected chi connectivity index (χ3v) is 7.63. The van der Waals surface area contributed by atoms with Crippen molar-refractivity contribution >= 4 is 35.8 Å². The second-order valence-electron chi connectivity index (χ2n) is 7.85. The summed E-state index contributed by atoms with van der Waals surface area (Å²) in [6.45, 7) is 4.64. The molecular weight excluding hydrogens is 477 g/mol. The zero-order valence-corrected chi connectivity index (χ0v) is 20.9. The first kappa shape index (κ1) is 25.3. The topological polar surface area (TPSA) is 119 Å². The average molecular weight is 503 g/mol. The number of carbonyl (C=O) groups is 1. The minimum atomic E-state index is -3.35. The van der Waals surface area contributed by atoms with E-state index in [1.165, 1.54) is 6.20 Å². The Labute approximate surface area is 209 Å². The average Bonchev–Trinajstić information content (AvgIpc) is 3.24. The Morgan fingerprint density at radius 1 is 1.11 bits per heavy atom. The third-order valence-electron chi connectivity index (χ3n) is 5.50. The SMILES string of the molecule is CCOP(=O)(OCC)c1ccc(CCn2c(NC(=O)c3cccnc3)nc3cc(C#N)ccc32)cc1. The molecule has 0 radical (unpaired) electrons. The minimum absolute atomic E-state index is 0.286. The number of nitrogens with zero attached hydrogens (tertiary/aromatic N) is 4. The van der Waals surface area contributed by atoms with Crippen LogP contribution in [0.2, 0.25) is 0 Å². The Hall–Kier alpha value is -3.83. The van der Waals surface area contributed by atoms with Gasteiger partial charge in [-0.15, -0.1) is 0 Å². The fourth-order valence-electron chi connectivity index (χ4n) is 3.80. The summed E-state index contributed by atoms with van der Waals surface area (Å²) in [5.41, 5.74) is 3.31. The molecule has 4 rings (SSSR count). The molecule has 10 heteroatoms. The Kier molecular flexibility index (Phi) is 7.91. The number of imidazole rings is 1. The normalized spacial score (nSPS) is 11.4. The Bertz CT molecular complexity index is 1440. The Morgan fingerprint density at radius 2 is 1.86 bits per heavy atom. The summed E-state index contributed by atoms with van der Waals surface area (Å²) >= 11 is 0. The quantitative estimate of drug-likeness (QED) is 0.312. The standard InChI is InChI=1S/C26H26N5O4P/c1-3-34-36(33,35-4-2)22-10-7-19(8-11-22)13-15-31-24-12-9-20(17-27)16-23(24)29-26(31)30-25(32)21-6-5-14-28-18-21/h5-12,14,16,18H,3-4,13,15H2,1-2H3,(H,29,30,32). The van der Waals surface area contributed by atoms with Gasteiger partial charge in [-0.1, -0.05) is 12.1 Å². The predicted molar refractivity (Wildman–Crippen MR) is 137 cm³/mol. The first-order valence-corrected chi connectivity index (χ1v) is 13.1. The number of aromatic nitrogens is 3. The van der Waals surface area contributed by atoms with Crippen molar-refractivity contribution in [2.45, 2.75) is 26.8 Å². The number of carbonyl (C=O) groups excluding carboxylic acids is 1. The molecule has 0 unspecified atom stereocenters. The summed E-state index contributed by atoms with van der Waals surface area (Å²) in [6, 6.07) is 18.0. The molecule has 4 aromatic rings. The summed E-state index contributed by atoms with van der Waals surface area (Å²) in [7, 11) is -3.35. The molecule has 0 spiro atoms.